The number of alkyl halides is 1. The van der Waals surface area contributed by atoms with Gasteiger partial charge in [-0.2, -0.15) is 0 Å². The molecule has 0 bridgehead atoms. The van der Waals surface area contributed by atoms with E-state index in [0.717, 1.165) is 0 Å². The lowest BCUT2D eigenvalue weighted by Gasteiger charge is -2.10. The predicted octanol–water partition coefficient (Wildman–Crippen LogP) is -0.173. The highest BCUT2D eigenvalue weighted by molar-refractivity contribution is 7.89. The van der Waals surface area contributed by atoms with Gasteiger partial charge in [0, 0.05) is 13.1 Å². The van der Waals surface area contributed by atoms with Gasteiger partial charge in [-0.15, -0.1) is 0 Å². The van der Waals surface area contributed by atoms with Gasteiger partial charge in [0.25, 0.3) is 0 Å². The molecule has 0 heterocycles. The van der Waals surface area contributed by atoms with Crippen LogP contribution in [0.4, 0.5) is 4.39 Å². The Morgan fingerprint density at radius 1 is 1.38 bits per heavy atom. The lowest BCUT2D eigenvalue weighted by molar-refractivity contribution is 0.412. The molecule has 0 fully saturated rings. The van der Waals surface area contributed by atoms with E-state index in [1.54, 1.807) is 0 Å². The third-order valence-corrected chi connectivity index (χ3v) is 2.90. The Morgan fingerprint density at radius 3 is 2.46 bits per heavy atom. The molecule has 0 radical (unpaired) electrons. The molecule has 0 aliphatic rings. The number of sulfonamides is 1. The van der Waals surface area contributed by atoms with Crippen molar-refractivity contribution < 1.29 is 12.8 Å². The number of hydrogen-bond acceptors (Lipinski definition) is 3. The molecule has 4 nitrogen and oxygen atoms in total. The summed E-state index contributed by atoms with van der Waals surface area (Å²) in [4.78, 5) is 1.87. The molecule has 6 heteroatoms. The molecular formula is C7H17FN2O2S. The van der Waals surface area contributed by atoms with E-state index in [2.05, 4.69) is 4.72 Å². The maximum Gasteiger partial charge on any atom is 0.211 e. The Kier molecular flexibility index (Phi) is 6.19. The number of rotatable bonds is 7. The molecule has 0 aromatic rings. The predicted molar refractivity (Wildman–Crippen MR) is 50.9 cm³/mol. The molecule has 0 saturated heterocycles. The summed E-state index contributed by atoms with van der Waals surface area (Å²) in [6.45, 7) is 0.436. The zero-order valence-corrected chi connectivity index (χ0v) is 8.90. The minimum atomic E-state index is -3.26. The van der Waals surface area contributed by atoms with Crippen molar-refractivity contribution in [1.82, 2.24) is 9.62 Å². The van der Waals surface area contributed by atoms with Crippen LogP contribution in [0.1, 0.15) is 6.42 Å². The molecule has 80 valence electrons. The quantitative estimate of drug-likeness (QED) is 0.637. The lowest BCUT2D eigenvalue weighted by atomic mass is 10.6. The number of halogens is 1. The largest absolute Gasteiger partial charge is 0.308 e. The normalized spacial score (nSPS) is 12.3. The summed E-state index contributed by atoms with van der Waals surface area (Å²) in [7, 11) is 0.458. The Labute approximate surface area is 79.2 Å². The van der Waals surface area contributed by atoms with E-state index < -0.39 is 16.7 Å². The molecule has 0 aromatic heterocycles. The van der Waals surface area contributed by atoms with Crippen LogP contribution in [0.25, 0.3) is 0 Å². The minimum Gasteiger partial charge on any atom is -0.308 e. The average Bonchev–Trinajstić information content (AvgIpc) is 2.00. The van der Waals surface area contributed by atoms with E-state index in [1.165, 1.54) is 0 Å². The van der Waals surface area contributed by atoms with Crippen LogP contribution in [-0.4, -0.2) is 52.9 Å². The van der Waals surface area contributed by atoms with Crippen LogP contribution in [0.5, 0.6) is 0 Å². The molecule has 0 aliphatic heterocycles. The molecule has 0 aromatic carbocycles. The number of nitrogens with zero attached hydrogens (tertiary/aromatic N) is 1. The van der Waals surface area contributed by atoms with Gasteiger partial charge in [-0.3, -0.25) is 4.39 Å². The van der Waals surface area contributed by atoms with Gasteiger partial charge in [-0.25, -0.2) is 13.1 Å². The summed E-state index contributed by atoms with van der Waals surface area (Å²) >= 11 is 0. The van der Waals surface area contributed by atoms with E-state index >= 15 is 0 Å². The molecule has 0 atom stereocenters. The highest BCUT2D eigenvalue weighted by Gasteiger charge is 2.08. The van der Waals surface area contributed by atoms with Crippen molar-refractivity contribution in [2.45, 2.75) is 6.42 Å². The zero-order chi connectivity index (χ0) is 10.3. The summed E-state index contributed by atoms with van der Waals surface area (Å²) < 4.78 is 36.2. The van der Waals surface area contributed by atoms with Crippen LogP contribution < -0.4 is 4.72 Å². The minimum absolute atomic E-state index is 0.0668. The second-order valence-electron chi connectivity index (χ2n) is 3.06. The van der Waals surface area contributed by atoms with E-state index in [1.807, 2.05) is 19.0 Å². The Balaban J connectivity index is 3.64. The van der Waals surface area contributed by atoms with Crippen LogP contribution >= 0.6 is 0 Å². The molecule has 0 spiro atoms. The van der Waals surface area contributed by atoms with Crippen molar-refractivity contribution in [3.63, 3.8) is 0 Å². The first-order chi connectivity index (χ1) is 5.98. The summed E-state index contributed by atoms with van der Waals surface area (Å²) in [5.74, 6) is -0.128. The molecular weight excluding hydrogens is 195 g/mol. The van der Waals surface area contributed by atoms with E-state index in [-0.39, 0.29) is 12.2 Å². The fraction of sp³-hybridized carbons (Fsp3) is 1.00. The van der Waals surface area contributed by atoms with Crippen molar-refractivity contribution >= 4 is 10.0 Å². The Hall–Kier alpha value is -0.200. The summed E-state index contributed by atoms with van der Waals surface area (Å²) in [6, 6.07) is 0. The molecule has 13 heavy (non-hydrogen) atoms. The maximum absolute atomic E-state index is 11.7. The van der Waals surface area contributed by atoms with E-state index in [0.29, 0.717) is 13.1 Å². The van der Waals surface area contributed by atoms with Crippen LogP contribution in [0.15, 0.2) is 0 Å². The lowest BCUT2D eigenvalue weighted by Crippen LogP contribution is -2.33. The fourth-order valence-electron chi connectivity index (χ4n) is 0.741. The fourth-order valence-corrected chi connectivity index (χ4v) is 1.78. The summed E-state index contributed by atoms with van der Waals surface area (Å²) in [5.41, 5.74) is 0. The number of nitrogens with one attached hydrogen (secondary N) is 1. The summed E-state index contributed by atoms with van der Waals surface area (Å²) in [6.07, 6.45) is 0.0668. The molecule has 0 amide bonds. The second kappa shape index (κ2) is 6.28. The first kappa shape index (κ1) is 12.8. The second-order valence-corrected chi connectivity index (χ2v) is 4.99. The molecule has 0 rings (SSSR count). The van der Waals surface area contributed by atoms with Crippen molar-refractivity contribution in [3.05, 3.63) is 0 Å². The maximum atomic E-state index is 11.7. The third-order valence-electron chi connectivity index (χ3n) is 1.43. The van der Waals surface area contributed by atoms with E-state index in [9.17, 15) is 12.8 Å². The molecule has 1 N–H and O–H groups in total. The SMILES string of the molecule is CN(C)CCNS(=O)(=O)CCCF. The average molecular weight is 212 g/mol. The number of hydrogen-bond donors (Lipinski definition) is 1. The molecule has 0 unspecified atom stereocenters. The first-order valence-corrected chi connectivity index (χ1v) is 5.81. The van der Waals surface area contributed by atoms with Crippen molar-refractivity contribution in [2.24, 2.45) is 0 Å². The van der Waals surface area contributed by atoms with Crippen LogP contribution in [0.2, 0.25) is 0 Å². The van der Waals surface area contributed by atoms with Crippen LogP contribution in [-0.2, 0) is 10.0 Å². The van der Waals surface area contributed by atoms with Crippen molar-refractivity contribution in [2.75, 3.05) is 39.6 Å². The molecule has 0 aliphatic carbocycles. The number of likely N-dealkylation sites (N-methyl/N-ethyl adjacent to an activating group) is 1. The standard InChI is InChI=1S/C7H17FN2O2S/c1-10(2)6-5-9-13(11,12)7-3-4-8/h9H,3-7H2,1-2H3. The van der Waals surface area contributed by atoms with Gasteiger partial charge in [0.15, 0.2) is 0 Å². The summed E-state index contributed by atoms with van der Waals surface area (Å²) in [5, 5.41) is 0. The van der Waals surface area contributed by atoms with Crippen molar-refractivity contribution in [1.29, 1.82) is 0 Å². The Bertz CT molecular complexity index is 217. The topological polar surface area (TPSA) is 49.4 Å². The van der Waals surface area contributed by atoms with Gasteiger partial charge in [-0.1, -0.05) is 0 Å². The van der Waals surface area contributed by atoms with Gasteiger partial charge < -0.3 is 4.90 Å². The first-order valence-electron chi connectivity index (χ1n) is 4.16. The van der Waals surface area contributed by atoms with E-state index in [4.69, 9.17) is 0 Å². The van der Waals surface area contributed by atoms with Gasteiger partial charge in [0.05, 0.1) is 12.4 Å². The third kappa shape index (κ3) is 8.14. The highest BCUT2D eigenvalue weighted by atomic mass is 32.2. The van der Waals surface area contributed by atoms with Crippen LogP contribution in [0.3, 0.4) is 0 Å². The van der Waals surface area contributed by atoms with Gasteiger partial charge in [0.2, 0.25) is 10.0 Å². The highest BCUT2D eigenvalue weighted by Crippen LogP contribution is 1.89. The molecule has 0 saturated carbocycles. The zero-order valence-electron chi connectivity index (χ0n) is 8.09. The van der Waals surface area contributed by atoms with Gasteiger partial charge in [0.1, 0.15) is 0 Å². The van der Waals surface area contributed by atoms with Gasteiger partial charge >= 0.3 is 0 Å². The monoisotopic (exact) mass is 212 g/mol. The van der Waals surface area contributed by atoms with Crippen LogP contribution in [0, 0.1) is 0 Å². The smallest absolute Gasteiger partial charge is 0.211 e. The Morgan fingerprint density at radius 2 is 2.00 bits per heavy atom. The van der Waals surface area contributed by atoms with Gasteiger partial charge in [-0.05, 0) is 20.5 Å². The van der Waals surface area contributed by atoms with Crippen molar-refractivity contribution in [3.8, 4) is 0 Å².